The minimum atomic E-state index is -3.78. The highest BCUT2D eigenvalue weighted by Gasteiger charge is 2.36. The second-order valence-corrected chi connectivity index (χ2v) is 10.5. The summed E-state index contributed by atoms with van der Waals surface area (Å²) in [6.45, 7) is 4.43. The molecular weight excluding hydrogens is 446 g/mol. The molecule has 2 aromatic carbocycles. The highest BCUT2D eigenvalue weighted by Crippen LogP contribution is 2.49. The Bertz CT molecular complexity index is 1250. The van der Waals surface area contributed by atoms with E-state index in [-0.39, 0.29) is 28.0 Å². The molecule has 1 atom stereocenters. The summed E-state index contributed by atoms with van der Waals surface area (Å²) in [6.07, 6.45) is 1.03. The first-order valence-corrected chi connectivity index (χ1v) is 12.8. The first kappa shape index (κ1) is 22.4. The molecule has 2 heterocycles. The van der Waals surface area contributed by atoms with Crippen molar-refractivity contribution in [2.24, 2.45) is 0 Å². The van der Waals surface area contributed by atoms with Gasteiger partial charge in [-0.1, -0.05) is 36.8 Å². The molecule has 0 saturated heterocycles. The maximum Gasteiger partial charge on any atom is 0.225 e. The van der Waals surface area contributed by atoms with E-state index in [1.807, 2.05) is 32.0 Å². The molecule has 1 amide bonds. The summed E-state index contributed by atoms with van der Waals surface area (Å²) in [6, 6.07) is 12.3. The van der Waals surface area contributed by atoms with Gasteiger partial charge in [-0.3, -0.25) is 4.79 Å². The van der Waals surface area contributed by atoms with Crippen molar-refractivity contribution in [1.82, 2.24) is 0 Å². The number of methoxy groups -OCH3 is 1. The zero-order chi connectivity index (χ0) is 22.9. The van der Waals surface area contributed by atoms with Gasteiger partial charge in [0.25, 0.3) is 0 Å². The molecule has 0 aliphatic carbocycles. The van der Waals surface area contributed by atoms with Crippen molar-refractivity contribution in [3.8, 4) is 11.5 Å². The Morgan fingerprint density at radius 2 is 1.91 bits per heavy atom. The van der Waals surface area contributed by atoms with Crippen molar-refractivity contribution >= 4 is 32.8 Å². The molecule has 0 saturated carbocycles. The summed E-state index contributed by atoms with van der Waals surface area (Å²) < 4.78 is 38.2. The molecule has 0 bridgehead atoms. The van der Waals surface area contributed by atoms with Gasteiger partial charge in [0.1, 0.15) is 4.90 Å². The van der Waals surface area contributed by atoms with Crippen LogP contribution in [0.1, 0.15) is 41.7 Å². The molecular formula is C24H25NO5S2. The molecule has 8 heteroatoms. The normalized spacial score (nSPS) is 15.7. The largest absolute Gasteiger partial charge is 0.493 e. The zero-order valence-electron chi connectivity index (χ0n) is 18.2. The number of rotatable bonds is 7. The van der Waals surface area contributed by atoms with Crippen LogP contribution in [0.4, 0.5) is 5.69 Å². The molecule has 0 spiro atoms. The average molecular weight is 472 g/mol. The summed E-state index contributed by atoms with van der Waals surface area (Å²) >= 11 is 1.34. The number of carbonyl (C=O) groups excluding carboxylic acids is 1. The first-order chi connectivity index (χ1) is 15.4. The fraction of sp³-hybridized carbons (Fsp3) is 0.292. The molecule has 1 aliphatic rings. The quantitative estimate of drug-likeness (QED) is 0.515. The van der Waals surface area contributed by atoms with Crippen LogP contribution in [-0.4, -0.2) is 28.0 Å². The number of para-hydroxylation sites is 1. The lowest BCUT2D eigenvalue weighted by molar-refractivity contribution is -0.116. The SMILES string of the molecule is CCCOc1c(OC)cccc1[C@H]1CC(=O)Nc2c(S(=O)(=O)c3ccc(C)cc3)csc21. The molecule has 1 aliphatic heterocycles. The Hall–Kier alpha value is -2.84. The van der Waals surface area contributed by atoms with Gasteiger partial charge in [-0.15, -0.1) is 11.3 Å². The molecule has 0 fully saturated rings. The standard InChI is InChI=1S/C24H25NO5S2/c1-4-12-30-23-17(6-5-7-19(23)29-3)18-13-21(26)25-22-20(14-31-24(18)22)32(27,28)16-10-8-15(2)9-11-16/h5-11,14,18H,4,12-13H2,1-3H3,(H,25,26)/t18-/m1/s1. The van der Waals surface area contributed by atoms with E-state index in [0.717, 1.165) is 22.4 Å². The summed E-state index contributed by atoms with van der Waals surface area (Å²) in [5.41, 5.74) is 2.15. The van der Waals surface area contributed by atoms with Gasteiger partial charge < -0.3 is 14.8 Å². The van der Waals surface area contributed by atoms with E-state index >= 15 is 0 Å². The summed E-state index contributed by atoms with van der Waals surface area (Å²) in [4.78, 5) is 13.8. The first-order valence-electron chi connectivity index (χ1n) is 10.4. The van der Waals surface area contributed by atoms with Crippen LogP contribution in [0, 0.1) is 6.92 Å². The third-order valence-electron chi connectivity index (χ3n) is 5.43. The number of anilines is 1. The van der Waals surface area contributed by atoms with Crippen molar-refractivity contribution in [3.63, 3.8) is 0 Å². The Balaban J connectivity index is 1.83. The molecule has 168 valence electrons. The van der Waals surface area contributed by atoms with Gasteiger partial charge in [-0.2, -0.15) is 0 Å². The number of aryl methyl sites for hydroxylation is 1. The summed E-state index contributed by atoms with van der Waals surface area (Å²) in [5.74, 6) is 0.629. The average Bonchev–Trinajstić information content (AvgIpc) is 3.21. The molecule has 32 heavy (non-hydrogen) atoms. The molecule has 1 aromatic heterocycles. The number of carbonyl (C=O) groups is 1. The Kier molecular flexibility index (Phi) is 6.26. The number of amides is 1. The Morgan fingerprint density at radius 1 is 1.16 bits per heavy atom. The third-order valence-corrected chi connectivity index (χ3v) is 8.47. The predicted octanol–water partition coefficient (Wildman–Crippen LogP) is 5.16. The van der Waals surface area contributed by atoms with E-state index in [0.29, 0.717) is 23.8 Å². The number of fused-ring (bicyclic) bond motifs is 1. The van der Waals surface area contributed by atoms with Crippen LogP contribution in [0.5, 0.6) is 11.5 Å². The molecule has 0 unspecified atom stereocenters. The highest BCUT2D eigenvalue weighted by atomic mass is 32.2. The predicted molar refractivity (Wildman–Crippen MR) is 125 cm³/mol. The number of hydrogen-bond donors (Lipinski definition) is 1. The number of thiophene rings is 1. The molecule has 3 aromatic rings. The number of hydrogen-bond acceptors (Lipinski definition) is 6. The second kappa shape index (κ2) is 8.96. The minimum Gasteiger partial charge on any atom is -0.493 e. The van der Waals surface area contributed by atoms with Crippen molar-refractivity contribution in [2.75, 3.05) is 19.0 Å². The van der Waals surface area contributed by atoms with E-state index in [4.69, 9.17) is 9.47 Å². The van der Waals surface area contributed by atoms with Crippen LogP contribution in [0.25, 0.3) is 0 Å². The second-order valence-electron chi connectivity index (χ2n) is 7.69. The molecule has 4 rings (SSSR count). The fourth-order valence-corrected chi connectivity index (χ4v) is 6.72. The van der Waals surface area contributed by atoms with Crippen molar-refractivity contribution in [3.05, 3.63) is 63.8 Å². The third kappa shape index (κ3) is 4.00. The summed E-state index contributed by atoms with van der Waals surface area (Å²) in [7, 11) is -2.20. The van der Waals surface area contributed by atoms with Crippen LogP contribution in [-0.2, 0) is 14.6 Å². The van der Waals surface area contributed by atoms with Crippen molar-refractivity contribution in [2.45, 2.75) is 42.4 Å². The minimum absolute atomic E-state index is 0.123. The molecule has 1 N–H and O–H groups in total. The van der Waals surface area contributed by atoms with Gasteiger partial charge in [0.2, 0.25) is 15.7 Å². The number of nitrogens with one attached hydrogen (secondary N) is 1. The lowest BCUT2D eigenvalue weighted by Crippen LogP contribution is -2.24. The van der Waals surface area contributed by atoms with Crippen LogP contribution < -0.4 is 14.8 Å². The number of sulfone groups is 1. The Labute approximate surface area is 192 Å². The number of ether oxygens (including phenoxy) is 2. The van der Waals surface area contributed by atoms with E-state index in [1.165, 1.54) is 11.3 Å². The monoisotopic (exact) mass is 471 g/mol. The van der Waals surface area contributed by atoms with Gasteiger partial charge in [0, 0.05) is 28.2 Å². The maximum atomic E-state index is 13.3. The fourth-order valence-electron chi connectivity index (χ4n) is 3.82. The topological polar surface area (TPSA) is 81.7 Å². The van der Waals surface area contributed by atoms with E-state index < -0.39 is 9.84 Å². The van der Waals surface area contributed by atoms with E-state index in [1.54, 1.807) is 36.8 Å². The van der Waals surface area contributed by atoms with Gasteiger partial charge >= 0.3 is 0 Å². The van der Waals surface area contributed by atoms with Crippen LogP contribution >= 0.6 is 11.3 Å². The maximum absolute atomic E-state index is 13.3. The van der Waals surface area contributed by atoms with Crippen LogP contribution in [0.3, 0.4) is 0 Å². The van der Waals surface area contributed by atoms with Gasteiger partial charge in [-0.25, -0.2) is 8.42 Å². The Morgan fingerprint density at radius 3 is 2.59 bits per heavy atom. The van der Waals surface area contributed by atoms with Crippen molar-refractivity contribution < 1.29 is 22.7 Å². The van der Waals surface area contributed by atoms with E-state index in [9.17, 15) is 13.2 Å². The summed E-state index contributed by atoms with van der Waals surface area (Å²) in [5, 5.41) is 4.42. The molecule has 6 nitrogen and oxygen atoms in total. The lowest BCUT2D eigenvalue weighted by atomic mass is 9.89. The highest BCUT2D eigenvalue weighted by molar-refractivity contribution is 7.91. The number of benzene rings is 2. The van der Waals surface area contributed by atoms with Gasteiger partial charge in [-0.05, 0) is 31.5 Å². The van der Waals surface area contributed by atoms with E-state index in [2.05, 4.69) is 5.32 Å². The lowest BCUT2D eigenvalue weighted by Gasteiger charge is -2.26. The smallest absolute Gasteiger partial charge is 0.225 e. The van der Waals surface area contributed by atoms with Crippen LogP contribution in [0.15, 0.2) is 57.6 Å². The molecule has 0 radical (unpaired) electrons. The van der Waals surface area contributed by atoms with Gasteiger partial charge in [0.15, 0.2) is 11.5 Å². The zero-order valence-corrected chi connectivity index (χ0v) is 19.8. The van der Waals surface area contributed by atoms with Crippen LogP contribution in [0.2, 0.25) is 0 Å². The van der Waals surface area contributed by atoms with Gasteiger partial charge in [0.05, 0.1) is 24.3 Å². The van der Waals surface area contributed by atoms with Crippen molar-refractivity contribution in [1.29, 1.82) is 0 Å².